The van der Waals surface area contributed by atoms with Crippen LogP contribution in [0.4, 0.5) is 17.1 Å². The average Bonchev–Trinajstić information content (AvgIpc) is 2.55. The first-order valence-corrected chi connectivity index (χ1v) is 6.87. The van der Waals surface area contributed by atoms with Crippen LogP contribution in [0.3, 0.4) is 0 Å². The van der Waals surface area contributed by atoms with Gasteiger partial charge in [0.2, 0.25) is 5.91 Å². The summed E-state index contributed by atoms with van der Waals surface area (Å²) in [4.78, 5) is 38.0. The van der Waals surface area contributed by atoms with Crippen molar-refractivity contribution in [3.8, 4) is 0 Å². The smallest absolute Gasteiger partial charge is 0.294 e. The summed E-state index contributed by atoms with van der Waals surface area (Å²) in [5, 5.41) is 16.4. The summed E-state index contributed by atoms with van der Waals surface area (Å²) >= 11 is 0. The number of fused-ring (bicyclic) bond motifs is 1. The molecule has 8 heteroatoms. The van der Waals surface area contributed by atoms with E-state index in [9.17, 15) is 19.7 Å². The third-order valence-corrected chi connectivity index (χ3v) is 3.50. The molecule has 1 aliphatic heterocycles. The summed E-state index contributed by atoms with van der Waals surface area (Å²) < 4.78 is 0. The van der Waals surface area contributed by atoms with E-state index in [2.05, 4.69) is 15.6 Å². The van der Waals surface area contributed by atoms with Gasteiger partial charge in [0.15, 0.2) is 0 Å². The predicted octanol–water partition coefficient (Wildman–Crippen LogP) is 2.13. The molecule has 0 saturated carbocycles. The summed E-state index contributed by atoms with van der Waals surface area (Å²) in [5.74, 6) is -0.643. The number of carbonyl (C=O) groups is 2. The number of hydrogen-bond donors (Lipinski definition) is 2. The maximum atomic E-state index is 12.2. The normalized spacial score (nSPS) is 13.0. The van der Waals surface area contributed by atoms with Gasteiger partial charge in [-0.05, 0) is 30.2 Å². The number of anilines is 2. The molecule has 116 valence electrons. The Kier molecular flexibility index (Phi) is 3.71. The lowest BCUT2D eigenvalue weighted by molar-refractivity contribution is -0.383. The Morgan fingerprint density at radius 1 is 1.26 bits per heavy atom. The number of aromatic nitrogens is 1. The van der Waals surface area contributed by atoms with E-state index < -0.39 is 10.8 Å². The van der Waals surface area contributed by atoms with Crippen LogP contribution < -0.4 is 10.6 Å². The molecule has 0 radical (unpaired) electrons. The van der Waals surface area contributed by atoms with E-state index >= 15 is 0 Å². The zero-order valence-electron chi connectivity index (χ0n) is 11.9. The number of nitrogens with one attached hydrogen (secondary N) is 2. The summed E-state index contributed by atoms with van der Waals surface area (Å²) in [6.45, 7) is 0. The highest BCUT2D eigenvalue weighted by atomic mass is 16.6. The number of nitro groups is 1. The maximum absolute atomic E-state index is 12.2. The van der Waals surface area contributed by atoms with Gasteiger partial charge in [-0.2, -0.15) is 0 Å². The molecule has 1 aromatic carbocycles. The molecule has 2 N–H and O–H groups in total. The van der Waals surface area contributed by atoms with Crippen molar-refractivity contribution in [2.75, 3.05) is 10.6 Å². The monoisotopic (exact) mass is 312 g/mol. The van der Waals surface area contributed by atoms with Crippen molar-refractivity contribution in [2.24, 2.45) is 0 Å². The number of benzene rings is 1. The molecule has 2 amide bonds. The molecule has 2 heterocycles. The number of rotatable bonds is 3. The minimum atomic E-state index is -0.594. The maximum Gasteiger partial charge on any atom is 0.294 e. The Morgan fingerprint density at radius 3 is 2.70 bits per heavy atom. The summed E-state index contributed by atoms with van der Waals surface area (Å²) in [6, 6.07) is 5.83. The lowest BCUT2D eigenvalue weighted by atomic mass is 10.0. The molecule has 0 atom stereocenters. The van der Waals surface area contributed by atoms with Crippen LogP contribution in [0.25, 0.3) is 0 Å². The Morgan fingerprint density at radius 2 is 2.00 bits per heavy atom. The highest BCUT2D eigenvalue weighted by molar-refractivity contribution is 6.06. The molecule has 0 bridgehead atoms. The molecule has 0 aliphatic carbocycles. The number of pyridine rings is 1. The first-order valence-electron chi connectivity index (χ1n) is 6.87. The van der Waals surface area contributed by atoms with Crippen molar-refractivity contribution in [3.05, 3.63) is 57.9 Å². The molecule has 1 aliphatic rings. The molecule has 23 heavy (non-hydrogen) atoms. The van der Waals surface area contributed by atoms with Crippen LogP contribution >= 0.6 is 0 Å². The Hall–Kier alpha value is -3.29. The third-order valence-electron chi connectivity index (χ3n) is 3.50. The minimum absolute atomic E-state index is 0.103. The van der Waals surface area contributed by atoms with Crippen molar-refractivity contribution < 1.29 is 14.5 Å². The first kappa shape index (κ1) is 14.6. The van der Waals surface area contributed by atoms with Crippen molar-refractivity contribution >= 4 is 28.9 Å². The summed E-state index contributed by atoms with van der Waals surface area (Å²) in [7, 11) is 0. The molecule has 8 nitrogen and oxygen atoms in total. The number of nitro benzene ring substituents is 1. The van der Waals surface area contributed by atoms with Crippen molar-refractivity contribution in [1.29, 1.82) is 0 Å². The Bertz CT molecular complexity index is 805. The zero-order chi connectivity index (χ0) is 16.4. The number of amides is 2. The molecule has 2 aromatic rings. The van der Waals surface area contributed by atoms with E-state index in [-0.39, 0.29) is 17.3 Å². The second-order valence-corrected chi connectivity index (χ2v) is 5.02. The Labute approximate surface area is 130 Å². The number of nitrogens with zero attached hydrogens (tertiary/aromatic N) is 2. The van der Waals surface area contributed by atoms with Crippen LogP contribution in [0.1, 0.15) is 22.3 Å². The topological polar surface area (TPSA) is 114 Å². The molecule has 0 spiro atoms. The molecular weight excluding hydrogens is 300 g/mol. The van der Waals surface area contributed by atoms with E-state index in [4.69, 9.17) is 0 Å². The van der Waals surface area contributed by atoms with Crippen molar-refractivity contribution in [3.63, 3.8) is 0 Å². The largest absolute Gasteiger partial charge is 0.326 e. The van der Waals surface area contributed by atoms with Gasteiger partial charge in [-0.1, -0.05) is 0 Å². The standard InChI is InChI=1S/C15H12N4O4/c20-14-2-1-10-7-12(13(19(22)23)8-11(10)17-14)18-15(21)9-3-5-16-6-4-9/h3-8H,1-2H2,(H,17,20)(H,18,21). The lowest BCUT2D eigenvalue weighted by Crippen LogP contribution is -2.20. The average molecular weight is 312 g/mol. The SMILES string of the molecule is O=C1CCc2cc(NC(=O)c3ccncc3)c([N+](=O)[O-])cc2N1. The van der Waals surface area contributed by atoms with Gasteiger partial charge in [0.25, 0.3) is 11.6 Å². The van der Waals surface area contributed by atoms with Gasteiger partial charge in [-0.3, -0.25) is 24.7 Å². The highest BCUT2D eigenvalue weighted by Crippen LogP contribution is 2.34. The van der Waals surface area contributed by atoms with Crippen LogP contribution in [0, 0.1) is 10.1 Å². The molecule has 0 saturated heterocycles. The van der Waals surface area contributed by atoms with E-state index in [1.54, 1.807) is 0 Å². The van der Waals surface area contributed by atoms with Gasteiger partial charge in [0.05, 0.1) is 10.6 Å². The summed E-state index contributed by atoms with van der Waals surface area (Å²) in [5.41, 5.74) is 1.34. The first-order chi connectivity index (χ1) is 11.0. The minimum Gasteiger partial charge on any atom is -0.326 e. The van der Waals surface area contributed by atoms with Gasteiger partial charge >= 0.3 is 0 Å². The molecule has 3 rings (SSSR count). The van der Waals surface area contributed by atoms with E-state index in [0.717, 1.165) is 5.56 Å². The molecular formula is C15H12N4O4. The van der Waals surface area contributed by atoms with E-state index in [0.29, 0.717) is 24.1 Å². The molecule has 0 fully saturated rings. The van der Waals surface area contributed by atoms with E-state index in [1.807, 2.05) is 0 Å². The van der Waals surface area contributed by atoms with Gasteiger partial charge in [-0.25, -0.2) is 0 Å². The van der Waals surface area contributed by atoms with Crippen LogP contribution in [0.2, 0.25) is 0 Å². The van der Waals surface area contributed by atoms with E-state index in [1.165, 1.54) is 36.7 Å². The fourth-order valence-corrected chi connectivity index (χ4v) is 2.37. The van der Waals surface area contributed by atoms with Gasteiger partial charge in [0, 0.05) is 30.4 Å². The fourth-order valence-electron chi connectivity index (χ4n) is 2.37. The second kappa shape index (κ2) is 5.84. The molecule has 0 unspecified atom stereocenters. The third kappa shape index (κ3) is 3.00. The summed E-state index contributed by atoms with van der Waals surface area (Å²) in [6.07, 6.45) is 3.71. The van der Waals surface area contributed by atoms with Crippen LogP contribution in [-0.4, -0.2) is 21.7 Å². The van der Waals surface area contributed by atoms with Gasteiger partial charge < -0.3 is 10.6 Å². The van der Waals surface area contributed by atoms with Crippen molar-refractivity contribution in [1.82, 2.24) is 4.98 Å². The Balaban J connectivity index is 1.96. The number of aryl methyl sites for hydroxylation is 1. The number of hydrogen-bond acceptors (Lipinski definition) is 5. The fraction of sp³-hybridized carbons (Fsp3) is 0.133. The van der Waals surface area contributed by atoms with Crippen LogP contribution in [0.15, 0.2) is 36.7 Å². The second-order valence-electron chi connectivity index (χ2n) is 5.02. The van der Waals surface area contributed by atoms with Gasteiger partial charge in [0.1, 0.15) is 5.69 Å². The van der Waals surface area contributed by atoms with Gasteiger partial charge in [-0.15, -0.1) is 0 Å². The quantitative estimate of drug-likeness (QED) is 0.665. The highest BCUT2D eigenvalue weighted by Gasteiger charge is 2.23. The van der Waals surface area contributed by atoms with Crippen LogP contribution in [0.5, 0.6) is 0 Å². The van der Waals surface area contributed by atoms with Crippen LogP contribution in [-0.2, 0) is 11.2 Å². The lowest BCUT2D eigenvalue weighted by Gasteiger charge is -2.18. The predicted molar refractivity (Wildman–Crippen MR) is 82.2 cm³/mol. The zero-order valence-corrected chi connectivity index (χ0v) is 11.9. The number of carbonyl (C=O) groups excluding carboxylic acids is 2. The van der Waals surface area contributed by atoms with Crippen molar-refractivity contribution in [2.45, 2.75) is 12.8 Å². The molecule has 1 aromatic heterocycles.